The average Bonchev–Trinajstić information content (AvgIpc) is 3.62. The van der Waals surface area contributed by atoms with Gasteiger partial charge in [-0.25, -0.2) is 19.6 Å². The largest absolute Gasteiger partial charge is 0.460 e. The van der Waals surface area contributed by atoms with Gasteiger partial charge in [-0.15, -0.1) is 0 Å². The molecule has 0 aliphatic rings. The van der Waals surface area contributed by atoms with Crippen molar-refractivity contribution in [3.8, 4) is 22.5 Å². The molecule has 2 aromatic heterocycles. The van der Waals surface area contributed by atoms with E-state index in [0.717, 1.165) is 31.5 Å². The number of ether oxygens (including phenoxy) is 2. The van der Waals surface area contributed by atoms with Crippen LogP contribution in [-0.2, 0) is 20.4 Å². The van der Waals surface area contributed by atoms with Crippen molar-refractivity contribution in [1.82, 2.24) is 19.5 Å². The van der Waals surface area contributed by atoms with E-state index < -0.39 is 20.3 Å². The van der Waals surface area contributed by atoms with Crippen molar-refractivity contribution >= 4 is 52.1 Å². The Balaban J connectivity index is 0.000000482. The van der Waals surface area contributed by atoms with Crippen molar-refractivity contribution in [2.24, 2.45) is 0 Å². The number of benzene rings is 2. The first-order valence-electron chi connectivity index (χ1n) is 14.4. The van der Waals surface area contributed by atoms with Crippen LogP contribution in [0.15, 0.2) is 69.9 Å². The first-order chi connectivity index (χ1) is 20.8. The van der Waals surface area contributed by atoms with Crippen LogP contribution in [0.1, 0.15) is 70.7 Å². The minimum Gasteiger partial charge on any atom is -0.460 e. The molecule has 252 valence electrons. The second-order valence-corrected chi connectivity index (χ2v) is 18.0. The van der Waals surface area contributed by atoms with Crippen LogP contribution in [0.25, 0.3) is 22.5 Å². The van der Waals surface area contributed by atoms with Crippen molar-refractivity contribution in [3.05, 3.63) is 81.5 Å². The number of halogens is 2. The summed E-state index contributed by atoms with van der Waals surface area (Å²) in [5, 5.41) is 0.147. The molecule has 0 saturated heterocycles. The molecule has 9 nitrogen and oxygen atoms in total. The van der Waals surface area contributed by atoms with E-state index in [9.17, 15) is 9.59 Å². The van der Waals surface area contributed by atoms with Gasteiger partial charge < -0.3 is 23.5 Å². The van der Waals surface area contributed by atoms with Crippen LogP contribution in [0.5, 0.6) is 0 Å². The topological polar surface area (TPSA) is 108 Å². The third kappa shape index (κ3) is 11.3. The van der Waals surface area contributed by atoms with E-state index in [0.29, 0.717) is 32.2 Å². The van der Waals surface area contributed by atoms with Gasteiger partial charge in [0.1, 0.15) is 0 Å². The average molecular weight is 781 g/mol. The molecule has 0 atom stereocenters. The zero-order valence-corrected chi connectivity index (χ0v) is 30.4. The van der Waals surface area contributed by atoms with Gasteiger partial charge in [-0.3, -0.25) is 0 Å². The number of hydrogen-bond donors (Lipinski definition) is 1. The van der Waals surface area contributed by atoms with E-state index in [4.69, 9.17) is 13.9 Å². The lowest BCUT2D eigenvalue weighted by molar-refractivity contribution is 0.0499. The fourth-order valence-electron chi connectivity index (χ4n) is 3.72. The lowest BCUT2D eigenvalue weighted by Gasteiger charge is -2.36. The summed E-state index contributed by atoms with van der Waals surface area (Å²) in [6, 6.07) is 15.6. The molecular formula is C34H48Br2N4O5Si. The predicted octanol–water partition coefficient (Wildman–Crippen LogP) is 9.80. The van der Waals surface area contributed by atoms with Crippen LogP contribution in [0.2, 0.25) is 18.1 Å². The van der Waals surface area contributed by atoms with Crippen molar-refractivity contribution in [3.63, 3.8) is 0 Å². The highest BCUT2D eigenvalue weighted by Gasteiger charge is 2.37. The number of carbonyl (C=O) groups excluding carboxylic acids is 2. The normalized spacial score (nSPS) is 11.0. The number of nitrogens with one attached hydrogen (secondary N) is 1. The number of aromatic nitrogens is 4. The Morgan fingerprint density at radius 3 is 1.91 bits per heavy atom. The minimum absolute atomic E-state index is 0. The molecule has 0 aliphatic heterocycles. The molecule has 0 radical (unpaired) electrons. The molecule has 0 aliphatic carbocycles. The zero-order valence-electron chi connectivity index (χ0n) is 26.2. The van der Waals surface area contributed by atoms with Crippen LogP contribution in [-0.4, -0.2) is 59.6 Å². The van der Waals surface area contributed by atoms with E-state index in [1.807, 2.05) is 59.3 Å². The van der Waals surface area contributed by atoms with Gasteiger partial charge in [-0.05, 0) is 61.8 Å². The van der Waals surface area contributed by atoms with Crippen LogP contribution < -0.4 is 0 Å². The second kappa shape index (κ2) is 18.3. The molecule has 46 heavy (non-hydrogen) atoms. The van der Waals surface area contributed by atoms with Gasteiger partial charge >= 0.3 is 11.9 Å². The van der Waals surface area contributed by atoms with Gasteiger partial charge in [0.05, 0.1) is 37.4 Å². The molecule has 0 bridgehead atoms. The van der Waals surface area contributed by atoms with Crippen molar-refractivity contribution in [2.45, 2.75) is 74.1 Å². The van der Waals surface area contributed by atoms with Crippen molar-refractivity contribution in [2.75, 3.05) is 19.8 Å². The third-order valence-electron chi connectivity index (χ3n) is 7.18. The molecule has 2 heterocycles. The number of H-pyrrole nitrogens is 1. The summed E-state index contributed by atoms with van der Waals surface area (Å²) in [4.78, 5) is 35.2. The summed E-state index contributed by atoms with van der Waals surface area (Å²) in [7, 11) is -1.84. The summed E-state index contributed by atoms with van der Waals surface area (Å²) >= 11 is 6.80. The standard InChI is InChI=1S/C20H29BrN2O3Si.C12H11BrN2O2.2CH4/c1-7-25-19(24)18-22-17(15-8-10-16(21)11-9-15)14-23(18)12-13-26-27(5,6)20(2,3)4;1-2-17-12(16)11-14-7-10(15-11)8-3-5-9(13)6-4-8;;/h8-11,14H,7,12-13H2,1-6H3;3-7H,2H2,1H3,(H,14,15);2*1H4. The quantitative estimate of drug-likeness (QED) is 0.126. The van der Waals surface area contributed by atoms with Crippen LogP contribution >= 0.6 is 31.9 Å². The number of carbonyl (C=O) groups is 2. The van der Waals surface area contributed by atoms with Gasteiger partial charge in [0.25, 0.3) is 0 Å². The first-order valence-corrected chi connectivity index (χ1v) is 18.9. The molecule has 12 heteroatoms. The van der Waals surface area contributed by atoms with E-state index >= 15 is 0 Å². The summed E-state index contributed by atoms with van der Waals surface area (Å²) in [5.41, 5.74) is 3.46. The van der Waals surface area contributed by atoms with Crippen molar-refractivity contribution in [1.29, 1.82) is 0 Å². The Hall–Kier alpha value is -3.06. The molecule has 0 spiro atoms. The molecule has 2 aromatic carbocycles. The lowest BCUT2D eigenvalue weighted by Crippen LogP contribution is -2.41. The lowest BCUT2D eigenvalue weighted by atomic mass is 10.2. The molecule has 0 fully saturated rings. The van der Waals surface area contributed by atoms with Gasteiger partial charge in [0.2, 0.25) is 11.6 Å². The molecule has 4 aromatic rings. The third-order valence-corrected chi connectivity index (χ3v) is 12.8. The van der Waals surface area contributed by atoms with Crippen LogP contribution in [0.4, 0.5) is 0 Å². The summed E-state index contributed by atoms with van der Waals surface area (Å²) in [5.74, 6) is -0.303. The van der Waals surface area contributed by atoms with E-state index in [1.165, 1.54) is 0 Å². The number of esters is 2. The first kappa shape index (κ1) is 41.0. The highest BCUT2D eigenvalue weighted by Crippen LogP contribution is 2.36. The number of aromatic amines is 1. The fraction of sp³-hybridized carbons (Fsp3) is 0.412. The smallest absolute Gasteiger partial charge is 0.374 e. The fourth-order valence-corrected chi connectivity index (χ4v) is 5.28. The number of nitrogens with zero attached hydrogens (tertiary/aromatic N) is 3. The minimum atomic E-state index is -1.84. The number of rotatable bonds is 10. The predicted molar refractivity (Wildman–Crippen MR) is 196 cm³/mol. The maximum absolute atomic E-state index is 12.3. The van der Waals surface area contributed by atoms with Gasteiger partial charge in [-0.2, -0.15) is 0 Å². The summed E-state index contributed by atoms with van der Waals surface area (Å²) in [6.07, 6.45) is 3.51. The van der Waals surface area contributed by atoms with Crippen molar-refractivity contribution < 1.29 is 23.5 Å². The van der Waals surface area contributed by atoms with Crippen LogP contribution in [0, 0.1) is 0 Å². The van der Waals surface area contributed by atoms with Gasteiger partial charge in [0.15, 0.2) is 8.32 Å². The maximum Gasteiger partial charge on any atom is 0.374 e. The Bertz CT molecular complexity index is 1530. The second-order valence-electron chi connectivity index (χ2n) is 11.4. The Labute approximate surface area is 291 Å². The van der Waals surface area contributed by atoms with Crippen LogP contribution in [0.3, 0.4) is 0 Å². The summed E-state index contributed by atoms with van der Waals surface area (Å²) in [6.45, 7) is 16.4. The Morgan fingerprint density at radius 1 is 0.870 bits per heavy atom. The number of imidazole rings is 2. The summed E-state index contributed by atoms with van der Waals surface area (Å²) < 4.78 is 20.1. The molecular weight excluding hydrogens is 732 g/mol. The zero-order chi connectivity index (χ0) is 32.5. The molecule has 0 amide bonds. The number of hydrogen-bond acceptors (Lipinski definition) is 7. The Kier molecular flexibility index (Phi) is 16.3. The van der Waals surface area contributed by atoms with Gasteiger partial charge in [-0.1, -0.05) is 91.7 Å². The monoisotopic (exact) mass is 778 g/mol. The Morgan fingerprint density at radius 2 is 1.39 bits per heavy atom. The van der Waals surface area contributed by atoms with E-state index in [1.54, 1.807) is 20.0 Å². The SMILES string of the molecule is C.C.CCOC(=O)c1nc(-c2ccc(Br)cc2)cn1CCO[Si](C)(C)C(C)(C)C.CCOC(=O)c1ncc(-c2ccc(Br)cc2)[nH]1. The van der Waals surface area contributed by atoms with E-state index in [-0.39, 0.29) is 25.7 Å². The highest BCUT2D eigenvalue weighted by atomic mass is 79.9. The molecule has 1 N–H and O–H groups in total. The van der Waals surface area contributed by atoms with E-state index in [2.05, 4.69) is 80.7 Å². The molecule has 0 unspecified atom stereocenters. The molecule has 4 rings (SSSR count). The highest BCUT2D eigenvalue weighted by molar-refractivity contribution is 9.10. The molecule has 0 saturated carbocycles. The van der Waals surface area contributed by atoms with Gasteiger partial charge in [0, 0.05) is 27.3 Å². The maximum atomic E-state index is 12.3.